The van der Waals surface area contributed by atoms with Crippen LogP contribution < -0.4 is 11.5 Å². The van der Waals surface area contributed by atoms with Crippen LogP contribution in [0, 0.1) is 45.8 Å². The number of anilines is 2. The van der Waals surface area contributed by atoms with E-state index >= 15 is 0 Å². The lowest BCUT2D eigenvalue weighted by Gasteiger charge is -2.62. The van der Waals surface area contributed by atoms with Crippen molar-refractivity contribution in [2.45, 2.75) is 112 Å². The van der Waals surface area contributed by atoms with Gasteiger partial charge in [0.1, 0.15) is 11.9 Å². The summed E-state index contributed by atoms with van der Waals surface area (Å²) in [5, 5.41) is 0. The smallest absolute Gasteiger partial charge is 0.343 e. The van der Waals surface area contributed by atoms with Crippen molar-refractivity contribution in [3.63, 3.8) is 0 Å². The Hall–Kier alpha value is -3.54. The van der Waals surface area contributed by atoms with Crippen LogP contribution in [0.15, 0.2) is 71.5 Å². The van der Waals surface area contributed by atoms with Crippen molar-refractivity contribution in [3.8, 4) is 0 Å². The third kappa shape index (κ3) is 6.45. The van der Waals surface area contributed by atoms with Crippen LogP contribution >= 0.6 is 0 Å². The molecule has 49 heavy (non-hydrogen) atoms. The molecule has 2 aromatic carbocycles. The number of allylic oxidation sites excluding steroid dienone is 3. The third-order valence-corrected chi connectivity index (χ3v) is 13.5. The summed E-state index contributed by atoms with van der Waals surface area (Å²) < 4.78 is 12.9. The zero-order valence-corrected chi connectivity index (χ0v) is 30.8. The highest BCUT2D eigenvalue weighted by atomic mass is 16.5. The third-order valence-electron chi connectivity index (χ3n) is 13.5. The lowest BCUT2D eigenvalue weighted by atomic mass is 9.43. The van der Waals surface area contributed by atoms with Crippen LogP contribution in [0.2, 0.25) is 0 Å². The van der Waals surface area contributed by atoms with Crippen LogP contribution in [0.25, 0.3) is 0 Å². The molecule has 0 spiro atoms. The Morgan fingerprint density at radius 1 is 0.878 bits per heavy atom. The van der Waals surface area contributed by atoms with E-state index in [0.29, 0.717) is 52.1 Å². The SMILES string of the molecule is CC(C)=CCCC(C)C1CCC2C3CC(OC(=O)c4cccc(N)c4)=C4C(C)(C)C(OC(=O)c5cccc(N)c5)CCC4(C)C3CCC12C. The normalized spacial score (nSPS) is 32.3. The first-order chi connectivity index (χ1) is 23.1. The molecule has 4 N–H and O–H groups in total. The highest BCUT2D eigenvalue weighted by Crippen LogP contribution is 2.70. The molecule has 0 aromatic heterocycles. The Morgan fingerprint density at radius 3 is 2.16 bits per heavy atom. The molecule has 0 aliphatic heterocycles. The maximum atomic E-state index is 13.9. The van der Waals surface area contributed by atoms with Crippen molar-refractivity contribution in [2.24, 2.45) is 45.8 Å². The van der Waals surface area contributed by atoms with Gasteiger partial charge in [0.25, 0.3) is 0 Å². The highest BCUT2D eigenvalue weighted by Gasteiger charge is 2.63. The highest BCUT2D eigenvalue weighted by molar-refractivity contribution is 5.91. The van der Waals surface area contributed by atoms with Crippen LogP contribution in [0.1, 0.15) is 127 Å². The van der Waals surface area contributed by atoms with Gasteiger partial charge in [-0.15, -0.1) is 0 Å². The minimum atomic E-state index is -0.544. The number of carbonyl (C=O) groups excluding carboxylic acids is 2. The molecule has 2 aromatic rings. The summed E-state index contributed by atoms with van der Waals surface area (Å²) in [7, 11) is 0. The molecule has 8 atom stereocenters. The molecule has 3 fully saturated rings. The number of esters is 2. The molecule has 6 rings (SSSR count). The molecule has 0 amide bonds. The Labute approximate surface area is 294 Å². The first kappa shape index (κ1) is 35.3. The average molecular weight is 667 g/mol. The van der Waals surface area contributed by atoms with Gasteiger partial charge in [-0.2, -0.15) is 0 Å². The number of ether oxygens (including phenoxy) is 2. The number of fused-ring (bicyclic) bond motifs is 5. The average Bonchev–Trinajstić information content (AvgIpc) is 3.39. The number of benzene rings is 2. The molecular formula is C43H58N2O4. The predicted molar refractivity (Wildman–Crippen MR) is 197 cm³/mol. The van der Waals surface area contributed by atoms with Gasteiger partial charge >= 0.3 is 11.9 Å². The molecule has 0 bridgehead atoms. The fourth-order valence-electron chi connectivity index (χ4n) is 11.4. The van der Waals surface area contributed by atoms with Crippen LogP contribution in [0.5, 0.6) is 0 Å². The van der Waals surface area contributed by atoms with Crippen LogP contribution in [0.3, 0.4) is 0 Å². The summed E-state index contributed by atoms with van der Waals surface area (Å²) in [4.78, 5) is 27.3. The van der Waals surface area contributed by atoms with Crippen molar-refractivity contribution in [3.05, 3.63) is 82.6 Å². The predicted octanol–water partition coefficient (Wildman–Crippen LogP) is 10.2. The van der Waals surface area contributed by atoms with Crippen LogP contribution in [-0.2, 0) is 9.47 Å². The van der Waals surface area contributed by atoms with Gasteiger partial charge in [-0.3, -0.25) is 0 Å². The molecule has 0 saturated heterocycles. The van der Waals surface area contributed by atoms with Crippen molar-refractivity contribution >= 4 is 23.3 Å². The fourth-order valence-corrected chi connectivity index (χ4v) is 11.4. The number of hydrogen-bond donors (Lipinski definition) is 2. The number of nitrogens with two attached hydrogens (primary N) is 2. The zero-order valence-electron chi connectivity index (χ0n) is 30.8. The minimum absolute atomic E-state index is 0.174. The summed E-state index contributed by atoms with van der Waals surface area (Å²) >= 11 is 0. The Balaban J connectivity index is 1.36. The van der Waals surface area contributed by atoms with E-state index in [9.17, 15) is 9.59 Å². The second-order valence-electron chi connectivity index (χ2n) is 17.2. The second kappa shape index (κ2) is 13.3. The molecule has 4 aliphatic rings. The van der Waals surface area contributed by atoms with Crippen molar-refractivity contribution in [2.75, 3.05) is 11.5 Å². The summed E-state index contributed by atoms with van der Waals surface area (Å²) in [6, 6.07) is 14.0. The van der Waals surface area contributed by atoms with E-state index in [-0.39, 0.29) is 28.9 Å². The van der Waals surface area contributed by atoms with Crippen molar-refractivity contribution < 1.29 is 19.1 Å². The lowest BCUT2D eigenvalue weighted by Crippen LogP contribution is -2.56. The van der Waals surface area contributed by atoms with Crippen LogP contribution in [-0.4, -0.2) is 18.0 Å². The van der Waals surface area contributed by atoms with Gasteiger partial charge in [-0.1, -0.05) is 58.4 Å². The number of nitrogen functional groups attached to an aromatic ring is 2. The quantitative estimate of drug-likeness (QED) is 0.165. The minimum Gasteiger partial charge on any atom is -0.458 e. The van der Waals surface area contributed by atoms with Gasteiger partial charge in [0.15, 0.2) is 0 Å². The maximum Gasteiger partial charge on any atom is 0.343 e. The Bertz CT molecular complexity index is 1650. The Morgan fingerprint density at radius 2 is 1.53 bits per heavy atom. The first-order valence-corrected chi connectivity index (χ1v) is 18.7. The largest absolute Gasteiger partial charge is 0.458 e. The first-order valence-electron chi connectivity index (χ1n) is 18.7. The van der Waals surface area contributed by atoms with E-state index in [1.165, 1.54) is 37.7 Å². The van der Waals surface area contributed by atoms with E-state index in [2.05, 4.69) is 54.5 Å². The summed E-state index contributed by atoms with van der Waals surface area (Å²) in [5.74, 6) is 2.94. The number of rotatable bonds is 8. The molecule has 6 heteroatoms. The number of carbonyl (C=O) groups is 2. The van der Waals surface area contributed by atoms with E-state index in [1.807, 2.05) is 0 Å². The van der Waals surface area contributed by atoms with E-state index in [1.54, 1.807) is 48.5 Å². The summed E-state index contributed by atoms with van der Waals surface area (Å²) in [5.41, 5.74) is 16.2. The maximum absolute atomic E-state index is 13.9. The molecule has 6 nitrogen and oxygen atoms in total. The monoisotopic (exact) mass is 666 g/mol. The topological polar surface area (TPSA) is 105 Å². The molecular weight excluding hydrogens is 608 g/mol. The fraction of sp³-hybridized carbons (Fsp3) is 0.581. The van der Waals surface area contributed by atoms with Gasteiger partial charge in [0, 0.05) is 23.2 Å². The van der Waals surface area contributed by atoms with Crippen LogP contribution in [0.4, 0.5) is 11.4 Å². The van der Waals surface area contributed by atoms with E-state index in [0.717, 1.165) is 37.0 Å². The molecule has 0 radical (unpaired) electrons. The zero-order chi connectivity index (χ0) is 35.3. The molecule has 3 saturated carbocycles. The van der Waals surface area contributed by atoms with Gasteiger partial charge in [-0.05, 0) is 148 Å². The second-order valence-corrected chi connectivity index (χ2v) is 17.2. The van der Waals surface area contributed by atoms with E-state index in [4.69, 9.17) is 20.9 Å². The molecule has 264 valence electrons. The van der Waals surface area contributed by atoms with Crippen molar-refractivity contribution in [1.29, 1.82) is 0 Å². The van der Waals surface area contributed by atoms with Gasteiger partial charge < -0.3 is 20.9 Å². The summed E-state index contributed by atoms with van der Waals surface area (Å²) in [6.07, 6.45) is 11.7. The summed E-state index contributed by atoms with van der Waals surface area (Å²) in [6.45, 7) is 16.2. The standard InChI is InChI=1S/C43H58N2O4/c1-26(2)11-8-12-27(3)33-17-18-34-32-25-36(48-39(46)28-13-9-15-30(44)23-28)38-41(4,5)37(49-40(47)29-14-10-16-31(45)24-29)20-22-43(38,7)35(32)19-21-42(33,34)6/h9-11,13-16,23-24,27,32-35,37H,8,12,17-22,25,44-45H2,1-7H3. The van der Waals surface area contributed by atoms with Gasteiger partial charge in [-0.25, -0.2) is 9.59 Å². The lowest BCUT2D eigenvalue weighted by molar-refractivity contribution is -0.0923. The molecule has 0 heterocycles. The molecule has 8 unspecified atom stereocenters. The number of hydrogen-bond acceptors (Lipinski definition) is 6. The van der Waals surface area contributed by atoms with Crippen molar-refractivity contribution in [1.82, 2.24) is 0 Å². The van der Waals surface area contributed by atoms with E-state index < -0.39 is 5.41 Å². The van der Waals surface area contributed by atoms with Gasteiger partial charge in [0.05, 0.1) is 11.1 Å². The molecule has 4 aliphatic carbocycles. The Kier molecular flexibility index (Phi) is 9.58. The van der Waals surface area contributed by atoms with Gasteiger partial charge in [0.2, 0.25) is 0 Å².